The van der Waals surface area contributed by atoms with Crippen LogP contribution in [-0.4, -0.2) is 23.7 Å². The molecule has 1 aliphatic carbocycles. The molecule has 98 valence electrons. The van der Waals surface area contributed by atoms with Gasteiger partial charge in [-0.3, -0.25) is 4.79 Å². The van der Waals surface area contributed by atoms with Crippen LogP contribution in [0.15, 0.2) is 42.5 Å². The first-order valence-corrected chi connectivity index (χ1v) is 7.16. The Bertz CT molecular complexity index is 599. The lowest BCUT2D eigenvalue weighted by Crippen LogP contribution is -2.32. The SMILES string of the molecule is O=C(N[C@@H]1C=C[C@H](CO)C1)c1cc2ccccc2s1. The molecule has 3 rings (SSSR count). The first-order valence-electron chi connectivity index (χ1n) is 6.35. The fourth-order valence-electron chi connectivity index (χ4n) is 2.35. The van der Waals surface area contributed by atoms with Gasteiger partial charge in [0, 0.05) is 23.3 Å². The van der Waals surface area contributed by atoms with Crippen molar-refractivity contribution >= 4 is 27.3 Å². The Hall–Kier alpha value is -1.65. The first kappa shape index (κ1) is 12.4. The topological polar surface area (TPSA) is 49.3 Å². The highest BCUT2D eigenvalue weighted by molar-refractivity contribution is 7.20. The van der Waals surface area contributed by atoms with Crippen molar-refractivity contribution in [1.82, 2.24) is 5.32 Å². The summed E-state index contributed by atoms with van der Waals surface area (Å²) >= 11 is 1.51. The number of amides is 1. The normalized spacial score (nSPS) is 21.9. The molecule has 0 fully saturated rings. The number of benzene rings is 1. The van der Waals surface area contributed by atoms with E-state index in [2.05, 4.69) is 5.32 Å². The van der Waals surface area contributed by atoms with Crippen molar-refractivity contribution in [2.75, 3.05) is 6.61 Å². The van der Waals surface area contributed by atoms with E-state index in [9.17, 15) is 4.79 Å². The van der Waals surface area contributed by atoms with Crippen molar-refractivity contribution in [1.29, 1.82) is 0 Å². The maximum atomic E-state index is 12.2. The van der Waals surface area contributed by atoms with Crippen LogP contribution in [0, 0.1) is 5.92 Å². The fraction of sp³-hybridized carbons (Fsp3) is 0.267. The molecular weight excluding hydrogens is 258 g/mol. The molecule has 2 N–H and O–H groups in total. The summed E-state index contributed by atoms with van der Waals surface area (Å²) in [6.07, 6.45) is 4.72. The van der Waals surface area contributed by atoms with Crippen molar-refractivity contribution in [2.24, 2.45) is 5.92 Å². The third kappa shape index (κ3) is 2.55. The van der Waals surface area contributed by atoms with Gasteiger partial charge >= 0.3 is 0 Å². The largest absolute Gasteiger partial charge is 0.396 e. The van der Waals surface area contributed by atoms with Crippen molar-refractivity contribution < 1.29 is 9.90 Å². The lowest BCUT2D eigenvalue weighted by Gasteiger charge is -2.11. The summed E-state index contributed by atoms with van der Waals surface area (Å²) in [5.74, 6) is 0.141. The molecule has 2 aromatic rings. The molecule has 4 heteroatoms. The smallest absolute Gasteiger partial charge is 0.261 e. The van der Waals surface area contributed by atoms with E-state index < -0.39 is 0 Å². The molecule has 1 aromatic carbocycles. The highest BCUT2D eigenvalue weighted by Gasteiger charge is 2.21. The zero-order valence-corrected chi connectivity index (χ0v) is 11.2. The van der Waals surface area contributed by atoms with Gasteiger partial charge in [-0.25, -0.2) is 0 Å². The lowest BCUT2D eigenvalue weighted by atomic mass is 10.1. The summed E-state index contributed by atoms with van der Waals surface area (Å²) in [4.78, 5) is 12.9. The van der Waals surface area contributed by atoms with Gasteiger partial charge in [0.25, 0.3) is 5.91 Å². The number of aliphatic hydroxyl groups is 1. The highest BCUT2D eigenvalue weighted by atomic mass is 32.1. The Morgan fingerprint density at radius 3 is 2.95 bits per heavy atom. The monoisotopic (exact) mass is 273 g/mol. The maximum Gasteiger partial charge on any atom is 0.261 e. The third-order valence-electron chi connectivity index (χ3n) is 3.37. The number of hydrogen-bond donors (Lipinski definition) is 2. The highest BCUT2D eigenvalue weighted by Crippen LogP contribution is 2.25. The summed E-state index contributed by atoms with van der Waals surface area (Å²) in [5, 5.41) is 13.2. The van der Waals surface area contributed by atoms with Crippen LogP contribution in [0.4, 0.5) is 0 Å². The predicted octanol–water partition coefficient (Wildman–Crippen LogP) is 2.57. The molecular formula is C15H15NO2S. The van der Waals surface area contributed by atoms with Gasteiger partial charge in [-0.2, -0.15) is 0 Å². The van der Waals surface area contributed by atoms with E-state index in [1.807, 2.05) is 42.5 Å². The quantitative estimate of drug-likeness (QED) is 0.844. The molecule has 0 radical (unpaired) electrons. The maximum absolute atomic E-state index is 12.2. The Kier molecular flexibility index (Phi) is 3.36. The van der Waals surface area contributed by atoms with E-state index in [-0.39, 0.29) is 24.5 Å². The van der Waals surface area contributed by atoms with E-state index in [1.54, 1.807) is 0 Å². The van der Waals surface area contributed by atoms with E-state index in [0.29, 0.717) is 0 Å². The van der Waals surface area contributed by atoms with Crippen molar-refractivity contribution in [2.45, 2.75) is 12.5 Å². The predicted molar refractivity (Wildman–Crippen MR) is 77.4 cm³/mol. The van der Waals surface area contributed by atoms with Crippen LogP contribution in [0.1, 0.15) is 16.1 Å². The number of carbonyl (C=O) groups excluding carboxylic acids is 1. The van der Waals surface area contributed by atoms with Crippen molar-refractivity contribution in [3.05, 3.63) is 47.4 Å². The van der Waals surface area contributed by atoms with Crippen LogP contribution in [-0.2, 0) is 0 Å². The number of nitrogens with one attached hydrogen (secondary N) is 1. The van der Waals surface area contributed by atoms with Crippen molar-refractivity contribution in [3.8, 4) is 0 Å². The molecule has 1 aliphatic rings. The Balaban J connectivity index is 1.72. The van der Waals surface area contributed by atoms with Gasteiger partial charge in [-0.1, -0.05) is 30.4 Å². The molecule has 0 saturated carbocycles. The molecule has 1 heterocycles. The van der Waals surface area contributed by atoms with Gasteiger partial charge in [0.15, 0.2) is 0 Å². The number of carbonyl (C=O) groups is 1. The number of aliphatic hydroxyl groups excluding tert-OH is 1. The number of fused-ring (bicyclic) bond motifs is 1. The average Bonchev–Trinajstić information content (AvgIpc) is 3.04. The van der Waals surface area contributed by atoms with Gasteiger partial charge in [0.1, 0.15) is 0 Å². The molecule has 3 nitrogen and oxygen atoms in total. The molecule has 19 heavy (non-hydrogen) atoms. The third-order valence-corrected chi connectivity index (χ3v) is 4.49. The van der Waals surface area contributed by atoms with Gasteiger partial charge in [-0.15, -0.1) is 11.3 Å². The second-order valence-electron chi connectivity index (χ2n) is 4.79. The van der Waals surface area contributed by atoms with E-state index in [1.165, 1.54) is 11.3 Å². The Morgan fingerprint density at radius 1 is 1.37 bits per heavy atom. The molecule has 1 aromatic heterocycles. The second kappa shape index (κ2) is 5.15. The molecule has 0 unspecified atom stereocenters. The first-order chi connectivity index (χ1) is 9.26. The summed E-state index contributed by atoms with van der Waals surface area (Å²) in [6.45, 7) is 0.145. The van der Waals surface area contributed by atoms with Gasteiger partial charge < -0.3 is 10.4 Å². The summed E-state index contributed by atoms with van der Waals surface area (Å²) in [6, 6.07) is 9.95. The van der Waals surface area contributed by atoms with Gasteiger partial charge in [-0.05, 0) is 23.9 Å². The van der Waals surface area contributed by atoms with Crippen LogP contribution >= 0.6 is 11.3 Å². The molecule has 0 aliphatic heterocycles. The Morgan fingerprint density at radius 2 is 2.21 bits per heavy atom. The molecule has 2 atom stereocenters. The minimum absolute atomic E-state index is 0.0329. The second-order valence-corrected chi connectivity index (χ2v) is 5.88. The van der Waals surface area contributed by atoms with Crippen LogP contribution < -0.4 is 5.32 Å². The summed E-state index contributed by atoms with van der Waals surface area (Å²) in [7, 11) is 0. The van der Waals surface area contributed by atoms with Crippen LogP contribution in [0.25, 0.3) is 10.1 Å². The molecule has 1 amide bonds. The summed E-state index contributed by atoms with van der Waals surface area (Å²) < 4.78 is 1.13. The minimum atomic E-state index is -0.0329. The number of rotatable bonds is 3. The van der Waals surface area contributed by atoms with Gasteiger partial charge in [0.2, 0.25) is 0 Å². The zero-order chi connectivity index (χ0) is 13.2. The minimum Gasteiger partial charge on any atom is -0.396 e. The Labute approximate surface area is 115 Å². The van der Waals surface area contributed by atoms with Crippen LogP contribution in [0.5, 0.6) is 0 Å². The standard InChI is InChI=1S/C15H15NO2S/c17-9-10-5-6-12(7-10)16-15(18)14-8-11-3-1-2-4-13(11)19-14/h1-6,8,10,12,17H,7,9H2,(H,16,18)/t10-,12+/m0/s1. The molecule has 0 bridgehead atoms. The lowest BCUT2D eigenvalue weighted by molar-refractivity contribution is 0.0945. The zero-order valence-electron chi connectivity index (χ0n) is 10.4. The van der Waals surface area contributed by atoms with Gasteiger partial charge in [0.05, 0.1) is 4.88 Å². The van der Waals surface area contributed by atoms with Crippen molar-refractivity contribution in [3.63, 3.8) is 0 Å². The molecule has 0 spiro atoms. The van der Waals surface area contributed by atoms with E-state index >= 15 is 0 Å². The van der Waals surface area contributed by atoms with Crippen LogP contribution in [0.2, 0.25) is 0 Å². The molecule has 0 saturated heterocycles. The fourth-order valence-corrected chi connectivity index (χ4v) is 3.32. The average molecular weight is 273 g/mol. The van der Waals surface area contributed by atoms with E-state index in [4.69, 9.17) is 5.11 Å². The summed E-state index contributed by atoms with van der Waals surface area (Å²) in [5.41, 5.74) is 0. The van der Waals surface area contributed by atoms with E-state index in [0.717, 1.165) is 21.4 Å². The van der Waals surface area contributed by atoms with Crippen LogP contribution in [0.3, 0.4) is 0 Å². The number of hydrogen-bond acceptors (Lipinski definition) is 3. The number of thiophene rings is 1.